The van der Waals surface area contributed by atoms with Gasteiger partial charge >= 0.3 is 18.6 Å². The van der Waals surface area contributed by atoms with Gasteiger partial charge in [0, 0.05) is 5.38 Å². The fourth-order valence-electron chi connectivity index (χ4n) is 1.95. The van der Waals surface area contributed by atoms with Crippen LogP contribution in [0.25, 0.3) is 0 Å². The number of nitrogens with one attached hydrogen (secondary N) is 1. The second kappa shape index (κ2) is 10.3. The molecule has 28 heavy (non-hydrogen) atoms. The number of anilines is 1. The van der Waals surface area contributed by atoms with E-state index in [9.17, 15) is 23.2 Å². The van der Waals surface area contributed by atoms with Gasteiger partial charge in [0.05, 0.1) is 24.3 Å². The minimum absolute atomic E-state index is 0.0134. The van der Waals surface area contributed by atoms with Crippen molar-refractivity contribution in [2.45, 2.75) is 20.0 Å². The summed E-state index contributed by atoms with van der Waals surface area (Å²) in [6, 6.07) is 4.84. The largest absolute Gasteiger partial charge is 0.466 e. The molecule has 1 heterocycles. The zero-order chi connectivity index (χ0) is 20.5. The van der Waals surface area contributed by atoms with Crippen LogP contribution < -0.4 is 10.1 Å². The van der Waals surface area contributed by atoms with E-state index in [0.717, 1.165) is 11.3 Å². The van der Waals surface area contributed by atoms with Crippen LogP contribution in [-0.2, 0) is 25.5 Å². The van der Waals surface area contributed by atoms with Gasteiger partial charge in [0.15, 0.2) is 11.7 Å². The van der Waals surface area contributed by atoms with Crippen molar-refractivity contribution in [2.75, 3.05) is 18.5 Å². The van der Waals surface area contributed by atoms with Crippen molar-refractivity contribution in [1.82, 2.24) is 4.98 Å². The predicted molar refractivity (Wildman–Crippen MR) is 94.4 cm³/mol. The summed E-state index contributed by atoms with van der Waals surface area (Å²) in [5, 5.41) is 4.28. The first-order valence-corrected chi connectivity index (χ1v) is 8.87. The number of benzene rings is 1. The summed E-state index contributed by atoms with van der Waals surface area (Å²) in [7, 11) is 0. The molecule has 0 aliphatic heterocycles. The molecule has 8 nitrogen and oxygen atoms in total. The quantitative estimate of drug-likeness (QED) is 0.629. The molecule has 0 saturated heterocycles. The first-order valence-electron chi connectivity index (χ1n) is 7.99. The van der Waals surface area contributed by atoms with Gasteiger partial charge < -0.3 is 14.2 Å². The molecule has 0 saturated carbocycles. The second-order valence-corrected chi connectivity index (χ2v) is 6.01. The highest BCUT2D eigenvalue weighted by molar-refractivity contribution is 7.13. The number of thiazole rings is 1. The number of amides is 1. The fraction of sp³-hybridized carbons (Fsp3) is 0.294. The SMILES string of the molecule is CCOC(=O)Cc1csc(NC(=O)COC(=O)c2ccc(OC(F)F)cc2)n1. The van der Waals surface area contributed by atoms with E-state index in [1.54, 1.807) is 12.3 Å². The zero-order valence-electron chi connectivity index (χ0n) is 14.6. The van der Waals surface area contributed by atoms with Crippen LogP contribution in [0.2, 0.25) is 0 Å². The van der Waals surface area contributed by atoms with Gasteiger partial charge in [-0.05, 0) is 31.2 Å². The second-order valence-electron chi connectivity index (χ2n) is 5.15. The minimum atomic E-state index is -2.97. The maximum atomic E-state index is 12.1. The number of carbonyl (C=O) groups is 3. The molecular weight excluding hydrogens is 398 g/mol. The van der Waals surface area contributed by atoms with E-state index < -0.39 is 31.1 Å². The molecular formula is C17H16F2N2O6S. The molecule has 1 N–H and O–H groups in total. The molecule has 0 fully saturated rings. The van der Waals surface area contributed by atoms with Crippen LogP contribution in [0.1, 0.15) is 23.0 Å². The number of hydrogen-bond donors (Lipinski definition) is 1. The lowest BCUT2D eigenvalue weighted by Crippen LogP contribution is -2.21. The summed E-state index contributed by atoms with van der Waals surface area (Å²) in [6.07, 6.45) is -0.0134. The van der Waals surface area contributed by atoms with E-state index in [4.69, 9.17) is 9.47 Å². The van der Waals surface area contributed by atoms with Crippen LogP contribution in [-0.4, -0.2) is 42.7 Å². The summed E-state index contributed by atoms with van der Waals surface area (Å²) < 4.78 is 38.0. The third kappa shape index (κ3) is 6.91. The van der Waals surface area contributed by atoms with Crippen LogP contribution in [0.15, 0.2) is 29.6 Å². The molecule has 2 aromatic rings. The molecule has 1 amide bonds. The third-order valence-electron chi connectivity index (χ3n) is 3.08. The van der Waals surface area contributed by atoms with Gasteiger partial charge in [0.2, 0.25) is 0 Å². The standard InChI is InChI=1S/C17H16F2N2O6S/c1-2-25-14(23)7-11-9-28-17(20-11)21-13(22)8-26-15(24)10-3-5-12(6-4-10)27-16(18)19/h3-6,9,16H,2,7-8H2,1H3,(H,20,21,22). The first kappa shape index (κ1) is 21.2. The van der Waals surface area contributed by atoms with Crippen molar-refractivity contribution in [3.05, 3.63) is 40.9 Å². The molecule has 0 unspecified atom stereocenters. The highest BCUT2D eigenvalue weighted by Gasteiger charge is 2.14. The number of halogens is 2. The van der Waals surface area contributed by atoms with E-state index in [2.05, 4.69) is 15.0 Å². The van der Waals surface area contributed by atoms with Crippen molar-refractivity contribution < 1.29 is 37.4 Å². The van der Waals surface area contributed by atoms with Gasteiger partial charge in [-0.15, -0.1) is 11.3 Å². The number of nitrogens with zero attached hydrogens (tertiary/aromatic N) is 1. The number of aromatic nitrogens is 1. The summed E-state index contributed by atoms with van der Waals surface area (Å²) >= 11 is 1.11. The lowest BCUT2D eigenvalue weighted by Gasteiger charge is -2.06. The summed E-state index contributed by atoms with van der Waals surface area (Å²) in [6.45, 7) is -1.58. The van der Waals surface area contributed by atoms with E-state index >= 15 is 0 Å². The van der Waals surface area contributed by atoms with Crippen molar-refractivity contribution in [2.24, 2.45) is 0 Å². The Morgan fingerprint density at radius 3 is 2.54 bits per heavy atom. The summed E-state index contributed by atoms with van der Waals surface area (Å²) in [5.74, 6) is -1.96. The van der Waals surface area contributed by atoms with Gasteiger partial charge in [-0.2, -0.15) is 8.78 Å². The minimum Gasteiger partial charge on any atom is -0.466 e. The molecule has 0 aliphatic carbocycles. The van der Waals surface area contributed by atoms with Crippen LogP contribution >= 0.6 is 11.3 Å². The average molecular weight is 414 g/mol. The normalized spacial score (nSPS) is 10.4. The maximum Gasteiger partial charge on any atom is 0.387 e. The number of carbonyl (C=O) groups excluding carboxylic acids is 3. The van der Waals surface area contributed by atoms with E-state index in [0.29, 0.717) is 5.69 Å². The van der Waals surface area contributed by atoms with Crippen LogP contribution in [0, 0.1) is 0 Å². The van der Waals surface area contributed by atoms with Gasteiger partial charge in [-0.1, -0.05) is 0 Å². The Bertz CT molecular complexity index is 825. The third-order valence-corrected chi connectivity index (χ3v) is 3.88. The Hall–Kier alpha value is -3.08. The molecule has 2 rings (SSSR count). The number of alkyl halides is 2. The maximum absolute atomic E-state index is 12.1. The Morgan fingerprint density at radius 1 is 1.18 bits per heavy atom. The smallest absolute Gasteiger partial charge is 0.387 e. The summed E-state index contributed by atoms with van der Waals surface area (Å²) in [5.41, 5.74) is 0.516. The average Bonchev–Trinajstić information content (AvgIpc) is 3.06. The van der Waals surface area contributed by atoms with Gasteiger partial charge in [0.25, 0.3) is 5.91 Å². The van der Waals surface area contributed by atoms with E-state index in [1.165, 1.54) is 24.3 Å². The van der Waals surface area contributed by atoms with E-state index in [1.807, 2.05) is 0 Å². The highest BCUT2D eigenvalue weighted by atomic mass is 32.1. The van der Waals surface area contributed by atoms with Gasteiger partial charge in [-0.25, -0.2) is 9.78 Å². The van der Waals surface area contributed by atoms with Gasteiger partial charge in [-0.3, -0.25) is 14.9 Å². The Morgan fingerprint density at radius 2 is 1.89 bits per heavy atom. The first-order chi connectivity index (χ1) is 13.4. The molecule has 1 aromatic carbocycles. The number of rotatable bonds is 9. The molecule has 11 heteroatoms. The zero-order valence-corrected chi connectivity index (χ0v) is 15.5. The van der Waals surface area contributed by atoms with E-state index in [-0.39, 0.29) is 29.5 Å². The Labute approximate surface area is 162 Å². The number of hydrogen-bond acceptors (Lipinski definition) is 8. The topological polar surface area (TPSA) is 104 Å². The van der Waals surface area contributed by atoms with Crippen LogP contribution in [0.4, 0.5) is 13.9 Å². The van der Waals surface area contributed by atoms with Gasteiger partial charge in [0.1, 0.15) is 5.75 Å². The fourth-order valence-corrected chi connectivity index (χ4v) is 2.67. The monoisotopic (exact) mass is 414 g/mol. The lowest BCUT2D eigenvalue weighted by molar-refractivity contribution is -0.142. The molecule has 0 bridgehead atoms. The molecule has 0 spiro atoms. The highest BCUT2D eigenvalue weighted by Crippen LogP contribution is 2.17. The molecule has 0 aliphatic rings. The lowest BCUT2D eigenvalue weighted by atomic mass is 10.2. The predicted octanol–water partition coefficient (Wildman–Crippen LogP) is 2.65. The van der Waals surface area contributed by atoms with Crippen molar-refractivity contribution in [1.29, 1.82) is 0 Å². The van der Waals surface area contributed by atoms with Crippen LogP contribution in [0.3, 0.4) is 0 Å². The molecule has 150 valence electrons. The molecule has 0 atom stereocenters. The number of esters is 2. The summed E-state index contributed by atoms with van der Waals surface area (Å²) in [4.78, 5) is 39.2. The van der Waals surface area contributed by atoms with Crippen molar-refractivity contribution in [3.8, 4) is 5.75 Å². The van der Waals surface area contributed by atoms with Crippen LogP contribution in [0.5, 0.6) is 5.75 Å². The Balaban J connectivity index is 1.79. The van der Waals surface area contributed by atoms with Crippen molar-refractivity contribution in [3.63, 3.8) is 0 Å². The molecule has 0 radical (unpaired) electrons. The Kier molecular flexibility index (Phi) is 7.81. The molecule has 1 aromatic heterocycles. The van der Waals surface area contributed by atoms with Crippen molar-refractivity contribution >= 4 is 34.3 Å². The number of ether oxygens (including phenoxy) is 3.